The van der Waals surface area contributed by atoms with Crippen LogP contribution in [0.15, 0.2) is 4.52 Å². The molecule has 1 aromatic rings. The van der Waals surface area contributed by atoms with Crippen LogP contribution in [-0.2, 0) is 6.42 Å². The van der Waals surface area contributed by atoms with Gasteiger partial charge in [0.2, 0.25) is 5.89 Å². The van der Waals surface area contributed by atoms with Crippen LogP contribution in [-0.4, -0.2) is 10.1 Å². The van der Waals surface area contributed by atoms with Gasteiger partial charge in [-0.1, -0.05) is 25.9 Å². The smallest absolute Gasteiger partial charge is 0.226 e. The zero-order valence-electron chi connectivity index (χ0n) is 8.96. The highest BCUT2D eigenvalue weighted by Gasteiger charge is 2.13. The van der Waals surface area contributed by atoms with Gasteiger partial charge in [0.05, 0.1) is 5.38 Å². The molecule has 1 atom stereocenters. The number of alkyl halides is 1. The molecule has 0 fully saturated rings. The van der Waals surface area contributed by atoms with Gasteiger partial charge in [0.1, 0.15) is 0 Å². The van der Waals surface area contributed by atoms with E-state index in [-0.39, 0.29) is 5.38 Å². The lowest BCUT2D eigenvalue weighted by Crippen LogP contribution is -1.94. The van der Waals surface area contributed by atoms with E-state index in [4.69, 9.17) is 16.1 Å². The first-order chi connectivity index (χ1) is 6.63. The summed E-state index contributed by atoms with van der Waals surface area (Å²) in [4.78, 5) is 4.24. The van der Waals surface area contributed by atoms with E-state index in [1.807, 2.05) is 6.92 Å². The minimum atomic E-state index is -0.119. The maximum absolute atomic E-state index is 5.98. The molecule has 0 aliphatic carbocycles. The Labute approximate surface area is 89.8 Å². The first-order valence-electron chi connectivity index (χ1n) is 5.10. The summed E-state index contributed by atoms with van der Waals surface area (Å²) >= 11 is 5.98. The number of aromatic nitrogens is 2. The van der Waals surface area contributed by atoms with Crippen molar-refractivity contribution in [3.63, 3.8) is 0 Å². The topological polar surface area (TPSA) is 38.9 Å². The number of hydrogen-bond donors (Lipinski definition) is 0. The molecule has 14 heavy (non-hydrogen) atoms. The average Bonchev–Trinajstić information content (AvgIpc) is 2.62. The van der Waals surface area contributed by atoms with E-state index in [2.05, 4.69) is 24.0 Å². The molecule has 0 aromatic carbocycles. The number of nitrogens with zero attached hydrogens (tertiary/aromatic N) is 2. The molecule has 1 unspecified atom stereocenters. The Morgan fingerprint density at radius 2 is 2.14 bits per heavy atom. The summed E-state index contributed by atoms with van der Waals surface area (Å²) in [5, 5.41) is 3.73. The van der Waals surface area contributed by atoms with Crippen molar-refractivity contribution in [2.24, 2.45) is 5.92 Å². The molecule has 0 saturated heterocycles. The maximum atomic E-state index is 5.98. The van der Waals surface area contributed by atoms with Gasteiger partial charge in [-0.3, -0.25) is 0 Å². The van der Waals surface area contributed by atoms with E-state index < -0.39 is 0 Å². The Bertz CT molecular complexity index is 273. The Morgan fingerprint density at radius 1 is 1.43 bits per heavy atom. The van der Waals surface area contributed by atoms with Gasteiger partial charge in [0.25, 0.3) is 0 Å². The predicted molar refractivity (Wildman–Crippen MR) is 56.3 cm³/mol. The molecule has 0 radical (unpaired) electrons. The van der Waals surface area contributed by atoms with E-state index in [9.17, 15) is 0 Å². The van der Waals surface area contributed by atoms with Crippen LogP contribution < -0.4 is 0 Å². The lowest BCUT2D eigenvalue weighted by Gasteiger charge is -1.99. The normalized spacial score (nSPS) is 13.5. The summed E-state index contributed by atoms with van der Waals surface area (Å²) in [5.74, 6) is 1.98. The van der Waals surface area contributed by atoms with Crippen molar-refractivity contribution < 1.29 is 4.52 Å². The van der Waals surface area contributed by atoms with Gasteiger partial charge >= 0.3 is 0 Å². The fourth-order valence-corrected chi connectivity index (χ4v) is 1.18. The summed E-state index contributed by atoms with van der Waals surface area (Å²) < 4.78 is 5.09. The molecule has 0 saturated carbocycles. The molecule has 1 aromatic heterocycles. The maximum Gasteiger partial charge on any atom is 0.226 e. The average molecular weight is 217 g/mol. The standard InChI is InChI=1S/C10H17ClN2O/c1-4-8(11)10-12-9(14-13-10)6-5-7(2)3/h7-8H,4-6H2,1-3H3. The number of rotatable bonds is 5. The third kappa shape index (κ3) is 3.29. The van der Waals surface area contributed by atoms with Crippen molar-refractivity contribution in [3.05, 3.63) is 11.7 Å². The highest BCUT2D eigenvalue weighted by molar-refractivity contribution is 6.20. The first kappa shape index (κ1) is 11.5. The fraction of sp³-hybridized carbons (Fsp3) is 0.800. The van der Waals surface area contributed by atoms with Gasteiger partial charge in [-0.25, -0.2) is 0 Å². The molecule has 4 heteroatoms. The highest BCUT2D eigenvalue weighted by atomic mass is 35.5. The first-order valence-corrected chi connectivity index (χ1v) is 5.53. The zero-order chi connectivity index (χ0) is 10.6. The summed E-state index contributed by atoms with van der Waals surface area (Å²) in [7, 11) is 0. The lowest BCUT2D eigenvalue weighted by atomic mass is 10.1. The van der Waals surface area contributed by atoms with Crippen LogP contribution in [0.3, 0.4) is 0 Å². The molecule has 1 heterocycles. The van der Waals surface area contributed by atoms with Crippen LogP contribution in [0.25, 0.3) is 0 Å². The third-order valence-electron chi connectivity index (χ3n) is 2.06. The molecule has 0 spiro atoms. The summed E-state index contributed by atoms with van der Waals surface area (Å²) in [6, 6.07) is 0. The van der Waals surface area contributed by atoms with Crippen LogP contribution in [0, 0.1) is 5.92 Å². The van der Waals surface area contributed by atoms with Gasteiger partial charge < -0.3 is 4.52 Å². The molecular formula is C10H17ClN2O. The van der Waals surface area contributed by atoms with Crippen LogP contribution in [0.5, 0.6) is 0 Å². The van der Waals surface area contributed by atoms with Gasteiger partial charge in [0, 0.05) is 6.42 Å². The van der Waals surface area contributed by atoms with E-state index in [1.54, 1.807) is 0 Å². The fourth-order valence-electron chi connectivity index (χ4n) is 1.09. The molecule has 0 N–H and O–H groups in total. The van der Waals surface area contributed by atoms with Crippen LogP contribution in [0.1, 0.15) is 50.7 Å². The van der Waals surface area contributed by atoms with Crippen LogP contribution in [0.2, 0.25) is 0 Å². The summed E-state index contributed by atoms with van der Waals surface area (Å²) in [6.45, 7) is 6.35. The minimum Gasteiger partial charge on any atom is -0.339 e. The lowest BCUT2D eigenvalue weighted by molar-refractivity contribution is 0.362. The van der Waals surface area contributed by atoms with Gasteiger partial charge in [-0.15, -0.1) is 11.6 Å². The van der Waals surface area contributed by atoms with Crippen molar-refractivity contribution in [1.82, 2.24) is 10.1 Å². The Hall–Kier alpha value is -0.570. The monoisotopic (exact) mass is 216 g/mol. The second kappa shape index (κ2) is 5.35. The molecule has 0 amide bonds. The predicted octanol–water partition coefficient (Wildman–Crippen LogP) is 3.35. The van der Waals surface area contributed by atoms with Crippen molar-refractivity contribution >= 4 is 11.6 Å². The molecule has 0 bridgehead atoms. The van der Waals surface area contributed by atoms with E-state index in [0.717, 1.165) is 19.3 Å². The van der Waals surface area contributed by atoms with Crippen LogP contribution in [0.4, 0.5) is 0 Å². The van der Waals surface area contributed by atoms with Gasteiger partial charge in [-0.05, 0) is 18.8 Å². The van der Waals surface area contributed by atoms with Crippen molar-refractivity contribution in [2.75, 3.05) is 0 Å². The highest BCUT2D eigenvalue weighted by Crippen LogP contribution is 2.20. The second-order valence-corrected chi connectivity index (χ2v) is 4.38. The molecule has 80 valence electrons. The quantitative estimate of drug-likeness (QED) is 0.709. The van der Waals surface area contributed by atoms with Crippen LogP contribution >= 0.6 is 11.6 Å². The molecular weight excluding hydrogens is 200 g/mol. The number of aryl methyl sites for hydroxylation is 1. The SMILES string of the molecule is CCC(Cl)c1noc(CCC(C)C)n1. The summed E-state index contributed by atoms with van der Waals surface area (Å²) in [6.07, 6.45) is 2.74. The number of hydrogen-bond acceptors (Lipinski definition) is 3. The largest absolute Gasteiger partial charge is 0.339 e. The zero-order valence-corrected chi connectivity index (χ0v) is 9.71. The summed E-state index contributed by atoms with van der Waals surface area (Å²) in [5.41, 5.74) is 0. The molecule has 0 aliphatic heterocycles. The molecule has 1 rings (SSSR count). The van der Waals surface area contributed by atoms with Gasteiger partial charge in [-0.2, -0.15) is 4.98 Å². The number of halogens is 1. The van der Waals surface area contributed by atoms with Gasteiger partial charge in [0.15, 0.2) is 5.82 Å². The Kier molecular flexibility index (Phi) is 4.39. The Balaban J connectivity index is 2.50. The van der Waals surface area contributed by atoms with Crippen molar-refractivity contribution in [1.29, 1.82) is 0 Å². The van der Waals surface area contributed by atoms with E-state index in [1.165, 1.54) is 0 Å². The molecule has 0 aliphatic rings. The molecule has 3 nitrogen and oxygen atoms in total. The third-order valence-corrected chi connectivity index (χ3v) is 2.56. The van der Waals surface area contributed by atoms with Crippen molar-refractivity contribution in [3.8, 4) is 0 Å². The second-order valence-electron chi connectivity index (χ2n) is 3.85. The van der Waals surface area contributed by atoms with E-state index in [0.29, 0.717) is 17.6 Å². The minimum absolute atomic E-state index is 0.119. The van der Waals surface area contributed by atoms with Crippen molar-refractivity contribution in [2.45, 2.75) is 45.4 Å². The van der Waals surface area contributed by atoms with E-state index >= 15 is 0 Å². The Morgan fingerprint density at radius 3 is 2.71 bits per heavy atom.